The number of carbonyl (C=O) groups excluding carboxylic acids is 1. The van der Waals surface area contributed by atoms with Gasteiger partial charge in [0.25, 0.3) is 0 Å². The fourth-order valence-electron chi connectivity index (χ4n) is 2.03. The fourth-order valence-corrected chi connectivity index (χ4v) is 2.39. The van der Waals surface area contributed by atoms with Crippen LogP contribution < -0.4 is 5.11 Å². The zero-order chi connectivity index (χ0) is 8.06. The SMILES string of the molecule is O=C([O-])[C@@]1(Cl)C[C@@H]2C=C[C@H]1C2. The average molecular weight is 172 g/mol. The summed E-state index contributed by atoms with van der Waals surface area (Å²) in [7, 11) is 0. The second-order valence-electron chi connectivity index (χ2n) is 3.34. The van der Waals surface area contributed by atoms with Gasteiger partial charge in [0.15, 0.2) is 0 Å². The first-order valence-electron chi connectivity index (χ1n) is 3.71. The van der Waals surface area contributed by atoms with Crippen molar-refractivity contribution >= 4 is 17.6 Å². The van der Waals surface area contributed by atoms with Gasteiger partial charge < -0.3 is 9.90 Å². The lowest BCUT2D eigenvalue weighted by molar-refractivity contribution is -0.310. The van der Waals surface area contributed by atoms with Crippen molar-refractivity contribution in [2.45, 2.75) is 17.7 Å². The summed E-state index contributed by atoms with van der Waals surface area (Å²) in [5.41, 5.74) is 0. The predicted molar refractivity (Wildman–Crippen MR) is 38.9 cm³/mol. The van der Waals surface area contributed by atoms with Crippen LogP contribution in [0.4, 0.5) is 0 Å². The minimum Gasteiger partial charge on any atom is -0.548 e. The highest BCUT2D eigenvalue weighted by Gasteiger charge is 2.48. The quantitative estimate of drug-likeness (QED) is 0.421. The molecule has 1 fully saturated rings. The summed E-state index contributed by atoms with van der Waals surface area (Å²) in [6.45, 7) is 0. The molecule has 0 aromatic carbocycles. The van der Waals surface area contributed by atoms with Crippen LogP contribution in [0, 0.1) is 11.8 Å². The van der Waals surface area contributed by atoms with Crippen LogP contribution in [0.2, 0.25) is 0 Å². The lowest BCUT2D eigenvalue weighted by Crippen LogP contribution is -2.46. The van der Waals surface area contributed by atoms with Crippen LogP contribution in [0.15, 0.2) is 12.2 Å². The van der Waals surface area contributed by atoms with Crippen molar-refractivity contribution in [3.63, 3.8) is 0 Å². The van der Waals surface area contributed by atoms with Gasteiger partial charge in [0.05, 0.1) is 10.8 Å². The Kier molecular flexibility index (Phi) is 1.31. The first kappa shape index (κ1) is 7.17. The van der Waals surface area contributed by atoms with Gasteiger partial charge >= 0.3 is 0 Å². The van der Waals surface area contributed by atoms with Crippen molar-refractivity contribution < 1.29 is 9.90 Å². The number of fused-ring (bicyclic) bond motifs is 2. The van der Waals surface area contributed by atoms with Gasteiger partial charge in [0, 0.05) is 5.92 Å². The molecule has 11 heavy (non-hydrogen) atoms. The number of aliphatic carboxylic acids is 1. The van der Waals surface area contributed by atoms with Crippen LogP contribution in [0.5, 0.6) is 0 Å². The third kappa shape index (κ3) is 0.822. The molecule has 0 heterocycles. The molecule has 0 N–H and O–H groups in total. The Morgan fingerprint density at radius 1 is 1.64 bits per heavy atom. The molecular weight excluding hydrogens is 164 g/mol. The van der Waals surface area contributed by atoms with Crippen molar-refractivity contribution in [3.8, 4) is 0 Å². The summed E-state index contributed by atoms with van der Waals surface area (Å²) in [6, 6.07) is 0. The van der Waals surface area contributed by atoms with Gasteiger partial charge in [-0.25, -0.2) is 0 Å². The Morgan fingerprint density at radius 3 is 2.64 bits per heavy atom. The lowest BCUT2D eigenvalue weighted by atomic mass is 9.93. The van der Waals surface area contributed by atoms with E-state index < -0.39 is 10.8 Å². The molecule has 2 rings (SSSR count). The number of alkyl halides is 1. The normalized spacial score (nSPS) is 46.6. The van der Waals surface area contributed by atoms with Gasteiger partial charge in [0.2, 0.25) is 0 Å². The van der Waals surface area contributed by atoms with Crippen molar-refractivity contribution in [1.82, 2.24) is 0 Å². The van der Waals surface area contributed by atoms with E-state index in [-0.39, 0.29) is 5.92 Å². The van der Waals surface area contributed by atoms with Crippen molar-refractivity contribution in [1.29, 1.82) is 0 Å². The standard InChI is InChI=1S/C8H9ClO2/c9-8(7(10)11)4-5-1-2-6(8)3-5/h1-2,5-6H,3-4H2,(H,10,11)/p-1/t5-,6+,8-/m1/s1. The number of allylic oxidation sites excluding steroid dienone is 2. The van der Waals surface area contributed by atoms with E-state index in [0.29, 0.717) is 12.3 Å². The minimum atomic E-state index is -1.11. The van der Waals surface area contributed by atoms with Gasteiger partial charge in [-0.3, -0.25) is 0 Å². The highest BCUT2D eigenvalue weighted by molar-refractivity contribution is 6.34. The summed E-state index contributed by atoms with van der Waals surface area (Å²) in [4.78, 5) is 9.54. The summed E-state index contributed by atoms with van der Waals surface area (Å²) in [5, 5.41) is 10.6. The van der Waals surface area contributed by atoms with Crippen molar-refractivity contribution in [3.05, 3.63) is 12.2 Å². The zero-order valence-electron chi connectivity index (χ0n) is 5.92. The number of rotatable bonds is 1. The Hall–Kier alpha value is -0.500. The van der Waals surface area contributed by atoms with Crippen LogP contribution in [0.25, 0.3) is 0 Å². The van der Waals surface area contributed by atoms with E-state index in [9.17, 15) is 9.90 Å². The molecule has 0 amide bonds. The zero-order valence-corrected chi connectivity index (χ0v) is 6.67. The number of hydrogen-bond acceptors (Lipinski definition) is 2. The fraction of sp³-hybridized carbons (Fsp3) is 0.625. The largest absolute Gasteiger partial charge is 0.548 e. The molecule has 2 aliphatic carbocycles. The Labute approximate surface area is 69.9 Å². The van der Waals surface area contributed by atoms with Crippen LogP contribution in [0.3, 0.4) is 0 Å². The molecule has 2 aliphatic rings. The maximum atomic E-state index is 10.6. The molecule has 0 aromatic heterocycles. The van der Waals surface area contributed by atoms with Gasteiger partial charge in [-0.05, 0) is 18.8 Å². The number of hydrogen-bond donors (Lipinski definition) is 0. The van der Waals surface area contributed by atoms with E-state index in [2.05, 4.69) is 0 Å². The second kappa shape index (κ2) is 2.01. The highest BCUT2D eigenvalue weighted by atomic mass is 35.5. The Balaban J connectivity index is 2.30. The molecule has 0 aromatic rings. The molecule has 0 unspecified atom stereocenters. The maximum absolute atomic E-state index is 10.6. The Bertz CT molecular complexity index is 236. The van der Waals surface area contributed by atoms with Gasteiger partial charge in [0.1, 0.15) is 0 Å². The minimum absolute atomic E-state index is 0.000772. The van der Waals surface area contributed by atoms with Crippen LogP contribution >= 0.6 is 11.6 Å². The molecule has 60 valence electrons. The van der Waals surface area contributed by atoms with Gasteiger partial charge in [-0.2, -0.15) is 0 Å². The summed E-state index contributed by atoms with van der Waals surface area (Å²) >= 11 is 5.89. The molecule has 0 aliphatic heterocycles. The Morgan fingerprint density at radius 2 is 2.36 bits per heavy atom. The molecule has 3 atom stereocenters. The first-order chi connectivity index (χ1) is 5.13. The molecule has 0 saturated heterocycles. The molecular formula is C8H8ClO2-. The van der Waals surface area contributed by atoms with Crippen LogP contribution in [-0.2, 0) is 4.79 Å². The van der Waals surface area contributed by atoms with E-state index in [4.69, 9.17) is 11.6 Å². The van der Waals surface area contributed by atoms with E-state index in [0.717, 1.165) is 6.42 Å². The molecule has 3 heteroatoms. The molecule has 0 spiro atoms. The summed E-state index contributed by atoms with van der Waals surface area (Å²) in [6.07, 6.45) is 5.38. The second-order valence-corrected chi connectivity index (χ2v) is 4.02. The molecule has 1 saturated carbocycles. The number of halogens is 1. The highest BCUT2D eigenvalue weighted by Crippen LogP contribution is 2.49. The third-order valence-electron chi connectivity index (χ3n) is 2.66. The van der Waals surface area contributed by atoms with E-state index in [1.807, 2.05) is 12.2 Å². The van der Waals surface area contributed by atoms with Crippen molar-refractivity contribution in [2.24, 2.45) is 11.8 Å². The van der Waals surface area contributed by atoms with E-state index >= 15 is 0 Å². The predicted octanol–water partition coefficient (Wildman–Crippen LogP) is 0.310. The average Bonchev–Trinajstić information content (AvgIpc) is 2.45. The number of carbonyl (C=O) groups is 1. The summed E-state index contributed by atoms with van der Waals surface area (Å²) < 4.78 is 0. The maximum Gasteiger partial charge on any atom is 0.0907 e. The third-order valence-corrected chi connectivity index (χ3v) is 3.25. The van der Waals surface area contributed by atoms with Gasteiger partial charge in [-0.15, -0.1) is 11.6 Å². The molecule has 2 nitrogen and oxygen atoms in total. The van der Waals surface area contributed by atoms with E-state index in [1.54, 1.807) is 0 Å². The van der Waals surface area contributed by atoms with Crippen molar-refractivity contribution in [2.75, 3.05) is 0 Å². The van der Waals surface area contributed by atoms with Gasteiger partial charge in [-0.1, -0.05) is 12.2 Å². The van der Waals surface area contributed by atoms with Crippen LogP contribution in [-0.4, -0.2) is 10.8 Å². The number of carboxylic acid groups (broad SMARTS) is 1. The van der Waals surface area contributed by atoms with E-state index in [1.165, 1.54) is 0 Å². The molecule has 2 bridgehead atoms. The number of carboxylic acids is 1. The monoisotopic (exact) mass is 171 g/mol. The smallest absolute Gasteiger partial charge is 0.0907 e. The lowest BCUT2D eigenvalue weighted by Gasteiger charge is -2.29. The first-order valence-corrected chi connectivity index (χ1v) is 4.09. The topological polar surface area (TPSA) is 40.1 Å². The summed E-state index contributed by atoms with van der Waals surface area (Å²) in [5.74, 6) is -0.745. The van der Waals surface area contributed by atoms with Crippen LogP contribution in [0.1, 0.15) is 12.8 Å². The molecule has 0 radical (unpaired) electrons.